The predicted molar refractivity (Wildman–Crippen MR) is 140 cm³/mol. The molecule has 0 saturated heterocycles. The monoisotopic (exact) mass is 571 g/mol. The van der Waals surface area contributed by atoms with E-state index in [4.69, 9.17) is 66.8 Å². The smallest absolute Gasteiger partial charge is 0.368 e. The molecule has 11 nitrogen and oxygen atoms in total. The average molecular weight is 573 g/mol. The quantitative estimate of drug-likeness (QED) is 0.207. The summed E-state index contributed by atoms with van der Waals surface area (Å²) in [6, 6.07) is 6.94. The first-order valence-electron chi connectivity index (χ1n) is 9.33. The standard InChI is InChI=1S/C10H7Cl2N3O2.C8H7Cl2N3.C2H2O3.B/c11-6-1-2-7-5(9(6)12)3-13-10(14-7)15-8(17)4-16;9-5-1-2-6-4(7(5)10)3-12-8(11)13-6;3-1-2(4)5;/h1-2,4H,3H2,(H2,13,14,15,17);1-2H,3H2,(H3,11,12,13);1H,(H,4,5);. The summed E-state index contributed by atoms with van der Waals surface area (Å²) in [5.41, 5.74) is 8.73. The molecule has 0 bridgehead atoms. The third kappa shape index (κ3) is 8.42. The van der Waals surface area contributed by atoms with Crippen LogP contribution in [-0.2, 0) is 32.3 Å². The summed E-state index contributed by atoms with van der Waals surface area (Å²) in [6.45, 7) is 0.768. The fourth-order valence-electron chi connectivity index (χ4n) is 2.61. The van der Waals surface area contributed by atoms with Crippen molar-refractivity contribution in [1.82, 2.24) is 5.32 Å². The molecule has 3 radical (unpaired) electrons. The Morgan fingerprint density at radius 2 is 1.36 bits per heavy atom. The van der Waals surface area contributed by atoms with Crippen LogP contribution in [0.5, 0.6) is 0 Å². The minimum Gasteiger partial charge on any atom is -0.476 e. The van der Waals surface area contributed by atoms with Crippen molar-refractivity contribution in [2.75, 3.05) is 10.6 Å². The van der Waals surface area contributed by atoms with Crippen LogP contribution in [-0.4, -0.2) is 49.9 Å². The maximum atomic E-state index is 10.9. The number of rotatable bonds is 2. The number of aliphatic carboxylic acids is 1. The Bertz CT molecular complexity index is 1240. The van der Waals surface area contributed by atoms with Crippen molar-refractivity contribution in [3.05, 3.63) is 55.5 Å². The normalized spacial score (nSPS) is 12.3. The molecule has 0 fully saturated rings. The second-order valence-electron chi connectivity index (χ2n) is 6.45. The zero-order valence-electron chi connectivity index (χ0n) is 18.0. The van der Waals surface area contributed by atoms with Crippen LogP contribution in [0.3, 0.4) is 0 Å². The number of amides is 1. The van der Waals surface area contributed by atoms with E-state index in [1.165, 1.54) is 0 Å². The summed E-state index contributed by atoms with van der Waals surface area (Å²) in [5.74, 6) is -1.57. The van der Waals surface area contributed by atoms with E-state index in [-0.39, 0.29) is 33.5 Å². The largest absolute Gasteiger partial charge is 0.476 e. The van der Waals surface area contributed by atoms with Crippen molar-refractivity contribution in [2.45, 2.75) is 13.1 Å². The van der Waals surface area contributed by atoms with Gasteiger partial charge in [-0.2, -0.15) is 0 Å². The highest BCUT2D eigenvalue weighted by Gasteiger charge is 2.17. The van der Waals surface area contributed by atoms with Gasteiger partial charge < -0.3 is 21.5 Å². The van der Waals surface area contributed by atoms with Crippen LogP contribution in [0, 0.1) is 0 Å². The van der Waals surface area contributed by atoms with Crippen LogP contribution in [0.2, 0.25) is 20.1 Å². The van der Waals surface area contributed by atoms with Crippen molar-refractivity contribution in [1.29, 1.82) is 0 Å². The number of guanidine groups is 2. The van der Waals surface area contributed by atoms with E-state index < -0.39 is 11.9 Å². The Kier molecular flexibility index (Phi) is 12.2. The van der Waals surface area contributed by atoms with Crippen LogP contribution in [0.1, 0.15) is 11.1 Å². The van der Waals surface area contributed by atoms with Gasteiger partial charge in [-0.3, -0.25) is 19.7 Å². The lowest BCUT2D eigenvalue weighted by Gasteiger charge is -2.19. The molecular weight excluding hydrogens is 557 g/mol. The zero-order valence-corrected chi connectivity index (χ0v) is 21.0. The Labute approximate surface area is 226 Å². The number of nitrogens with two attached hydrogens (primary N) is 1. The molecule has 0 aliphatic carbocycles. The predicted octanol–water partition coefficient (Wildman–Crippen LogP) is 2.71. The van der Waals surface area contributed by atoms with Crippen LogP contribution < -0.4 is 21.7 Å². The van der Waals surface area contributed by atoms with Gasteiger partial charge in [0.25, 0.3) is 5.91 Å². The highest BCUT2D eigenvalue weighted by molar-refractivity contribution is 6.43. The van der Waals surface area contributed by atoms with Gasteiger partial charge in [0, 0.05) is 30.9 Å². The first-order valence-corrected chi connectivity index (χ1v) is 10.8. The maximum Gasteiger partial charge on any atom is 0.368 e. The van der Waals surface area contributed by atoms with E-state index >= 15 is 0 Å². The molecule has 2 aromatic carbocycles. The van der Waals surface area contributed by atoms with E-state index in [1.807, 2.05) is 6.07 Å². The third-order valence-electron chi connectivity index (χ3n) is 4.16. The number of anilines is 2. The molecule has 2 heterocycles. The number of hydrogen-bond donors (Lipinski definition) is 5. The molecule has 6 N–H and O–H groups in total. The Hall–Kier alpha value is -3.32. The Balaban J connectivity index is 0.000000303. The molecule has 0 atom stereocenters. The molecular formula is C20H16BCl4N6O5. The molecule has 1 amide bonds. The molecule has 0 unspecified atom stereocenters. The number of hydrogen-bond acceptors (Lipinski definition) is 9. The number of aliphatic imine (C=N–C) groups is 2. The van der Waals surface area contributed by atoms with Crippen molar-refractivity contribution >= 4 is 103 Å². The molecule has 0 spiro atoms. The maximum absolute atomic E-state index is 10.9. The number of halogens is 4. The van der Waals surface area contributed by atoms with Gasteiger partial charge in [-0.1, -0.05) is 46.4 Å². The summed E-state index contributed by atoms with van der Waals surface area (Å²) in [5, 5.41) is 17.4. The molecule has 2 aliphatic heterocycles. The topological polar surface area (TPSA) is 175 Å². The van der Waals surface area contributed by atoms with E-state index in [9.17, 15) is 9.59 Å². The van der Waals surface area contributed by atoms with Crippen LogP contribution >= 0.6 is 46.4 Å². The molecule has 0 saturated carbocycles. The SMILES string of the molecule is NC1=NCc2c(ccc(Cl)c2Cl)N1.O=CC(=O)NC1=NCc2c(ccc(Cl)c2Cl)N1.O=CC(=O)O.[B]. The number of nitrogens with zero attached hydrogens (tertiary/aromatic N) is 2. The summed E-state index contributed by atoms with van der Waals surface area (Å²) < 4.78 is 0. The second-order valence-corrected chi connectivity index (χ2v) is 8.02. The van der Waals surface area contributed by atoms with Crippen molar-refractivity contribution in [3.8, 4) is 0 Å². The summed E-state index contributed by atoms with van der Waals surface area (Å²) in [4.78, 5) is 47.0. The van der Waals surface area contributed by atoms with Crippen molar-refractivity contribution in [2.24, 2.45) is 15.7 Å². The van der Waals surface area contributed by atoms with Crippen molar-refractivity contribution in [3.63, 3.8) is 0 Å². The summed E-state index contributed by atoms with van der Waals surface area (Å²) in [7, 11) is 0. The number of carbonyl (C=O) groups excluding carboxylic acids is 3. The molecule has 0 aromatic heterocycles. The molecule has 36 heavy (non-hydrogen) atoms. The Morgan fingerprint density at radius 1 is 0.889 bits per heavy atom. The van der Waals surface area contributed by atoms with Gasteiger partial charge in [0.2, 0.25) is 18.5 Å². The first-order chi connectivity index (χ1) is 16.6. The molecule has 187 valence electrons. The summed E-state index contributed by atoms with van der Waals surface area (Å²) in [6.07, 6.45) is 0.00849. The lowest BCUT2D eigenvalue weighted by Crippen LogP contribution is -2.38. The minimum absolute atomic E-state index is 0. The molecule has 2 aliphatic rings. The number of aldehydes is 2. The summed E-state index contributed by atoms with van der Waals surface area (Å²) >= 11 is 23.7. The molecule has 4 rings (SSSR count). The van der Waals surface area contributed by atoms with Gasteiger partial charge in [0.1, 0.15) is 0 Å². The lowest BCUT2D eigenvalue weighted by atomic mass is 10.1. The van der Waals surface area contributed by atoms with Crippen molar-refractivity contribution < 1.29 is 24.3 Å². The second kappa shape index (κ2) is 14.3. The fraction of sp³-hybridized carbons (Fsp3) is 0.100. The van der Waals surface area contributed by atoms with E-state index in [0.717, 1.165) is 16.8 Å². The van der Waals surface area contributed by atoms with E-state index in [1.54, 1.807) is 18.2 Å². The average Bonchev–Trinajstić information content (AvgIpc) is 2.84. The molecule has 2 aromatic rings. The zero-order chi connectivity index (χ0) is 26.1. The third-order valence-corrected chi connectivity index (χ3v) is 5.85. The fourth-order valence-corrected chi connectivity index (χ4v) is 3.42. The number of carboxylic acids is 1. The molecule has 16 heteroatoms. The van der Waals surface area contributed by atoms with Crippen LogP contribution in [0.4, 0.5) is 11.4 Å². The van der Waals surface area contributed by atoms with E-state index in [0.29, 0.717) is 38.3 Å². The van der Waals surface area contributed by atoms with Crippen LogP contribution in [0.15, 0.2) is 34.3 Å². The van der Waals surface area contributed by atoms with Gasteiger partial charge in [0.05, 0.1) is 33.2 Å². The highest BCUT2D eigenvalue weighted by atomic mass is 35.5. The minimum atomic E-state index is -1.43. The number of carboxylic acid groups (broad SMARTS) is 1. The number of fused-ring (bicyclic) bond motifs is 2. The number of nitrogens with one attached hydrogen (secondary N) is 3. The highest BCUT2D eigenvalue weighted by Crippen LogP contribution is 2.34. The number of carbonyl (C=O) groups is 4. The van der Waals surface area contributed by atoms with Gasteiger partial charge in [-0.25, -0.2) is 14.8 Å². The van der Waals surface area contributed by atoms with Gasteiger partial charge in [-0.15, -0.1) is 0 Å². The first kappa shape index (κ1) is 30.7. The van der Waals surface area contributed by atoms with Gasteiger partial charge in [0.15, 0.2) is 5.96 Å². The number of benzene rings is 2. The van der Waals surface area contributed by atoms with Crippen LogP contribution in [0.25, 0.3) is 0 Å². The lowest BCUT2D eigenvalue weighted by molar-refractivity contribution is -0.143. The van der Waals surface area contributed by atoms with Gasteiger partial charge in [-0.05, 0) is 24.3 Å². The van der Waals surface area contributed by atoms with Gasteiger partial charge >= 0.3 is 5.97 Å². The Morgan fingerprint density at radius 3 is 1.83 bits per heavy atom. The van der Waals surface area contributed by atoms with E-state index in [2.05, 4.69) is 25.9 Å².